The number of hydrogen-bond donors (Lipinski definition) is 1. The van der Waals surface area contributed by atoms with Crippen LogP contribution in [0.15, 0.2) is 0 Å². The SMILES string of the molecule is CC.CC(C)NC(=O)CCCCCN1CCC(C(C)C)CC1. The molecule has 1 aliphatic rings. The lowest BCUT2D eigenvalue weighted by atomic mass is 9.87. The normalized spacial score (nSPS) is 16.5. The molecule has 1 amide bonds. The van der Waals surface area contributed by atoms with Crippen LogP contribution in [0.5, 0.6) is 0 Å². The number of hydrogen-bond acceptors (Lipinski definition) is 2. The topological polar surface area (TPSA) is 32.3 Å². The maximum Gasteiger partial charge on any atom is 0.220 e. The molecule has 0 aromatic carbocycles. The number of amides is 1. The van der Waals surface area contributed by atoms with Crippen LogP contribution >= 0.6 is 0 Å². The Bertz CT molecular complexity index is 269. The first-order chi connectivity index (χ1) is 10.5. The molecule has 1 heterocycles. The van der Waals surface area contributed by atoms with Crippen molar-refractivity contribution in [3.05, 3.63) is 0 Å². The van der Waals surface area contributed by atoms with Gasteiger partial charge in [0.2, 0.25) is 5.91 Å². The van der Waals surface area contributed by atoms with E-state index in [0.717, 1.165) is 18.3 Å². The lowest BCUT2D eigenvalue weighted by Gasteiger charge is -2.33. The first kappa shape index (κ1) is 21.4. The molecule has 1 fully saturated rings. The number of carbonyl (C=O) groups excluding carboxylic acids is 1. The van der Waals surface area contributed by atoms with Gasteiger partial charge in [0.15, 0.2) is 0 Å². The van der Waals surface area contributed by atoms with E-state index in [4.69, 9.17) is 0 Å². The van der Waals surface area contributed by atoms with E-state index in [2.05, 4.69) is 24.1 Å². The molecule has 1 rings (SSSR count). The van der Waals surface area contributed by atoms with Crippen LogP contribution in [-0.4, -0.2) is 36.5 Å². The maximum absolute atomic E-state index is 11.5. The van der Waals surface area contributed by atoms with Crippen LogP contribution in [0.2, 0.25) is 0 Å². The molecule has 0 aliphatic carbocycles. The van der Waals surface area contributed by atoms with Gasteiger partial charge in [0.1, 0.15) is 0 Å². The van der Waals surface area contributed by atoms with Gasteiger partial charge in [-0.1, -0.05) is 34.1 Å². The van der Waals surface area contributed by atoms with Gasteiger partial charge in [-0.15, -0.1) is 0 Å². The van der Waals surface area contributed by atoms with Crippen LogP contribution in [0.3, 0.4) is 0 Å². The Balaban J connectivity index is 0.00000211. The predicted molar refractivity (Wildman–Crippen MR) is 97.1 cm³/mol. The number of piperidine rings is 1. The van der Waals surface area contributed by atoms with Gasteiger partial charge in [-0.25, -0.2) is 0 Å². The van der Waals surface area contributed by atoms with Crippen LogP contribution in [0.1, 0.15) is 80.1 Å². The summed E-state index contributed by atoms with van der Waals surface area (Å²) >= 11 is 0. The standard InChI is InChI=1S/C17H34N2O.C2H6/c1-14(2)16-9-12-19(13-10-16)11-7-5-6-8-17(20)18-15(3)4;1-2/h14-16H,5-13H2,1-4H3,(H,18,20);1-2H3. The molecule has 1 N–H and O–H groups in total. The van der Waals surface area contributed by atoms with Crippen molar-refractivity contribution in [1.29, 1.82) is 0 Å². The summed E-state index contributed by atoms with van der Waals surface area (Å²) in [6.07, 6.45) is 6.87. The van der Waals surface area contributed by atoms with E-state index >= 15 is 0 Å². The highest BCUT2D eigenvalue weighted by Gasteiger charge is 2.20. The van der Waals surface area contributed by atoms with E-state index in [-0.39, 0.29) is 11.9 Å². The zero-order valence-electron chi connectivity index (χ0n) is 16.0. The molecule has 0 unspecified atom stereocenters. The molecule has 3 nitrogen and oxygen atoms in total. The Labute approximate surface area is 139 Å². The summed E-state index contributed by atoms with van der Waals surface area (Å²) in [5.74, 6) is 1.99. The summed E-state index contributed by atoms with van der Waals surface area (Å²) in [5, 5.41) is 2.95. The van der Waals surface area contributed by atoms with Crippen LogP contribution in [0, 0.1) is 11.8 Å². The minimum Gasteiger partial charge on any atom is -0.354 e. The average Bonchev–Trinajstić information content (AvgIpc) is 2.48. The van der Waals surface area contributed by atoms with Crippen molar-refractivity contribution in [3.63, 3.8) is 0 Å². The third kappa shape index (κ3) is 10.2. The molecule has 0 aromatic heterocycles. The fraction of sp³-hybridized carbons (Fsp3) is 0.947. The monoisotopic (exact) mass is 312 g/mol. The highest BCUT2D eigenvalue weighted by atomic mass is 16.1. The molecule has 0 bridgehead atoms. The van der Waals surface area contributed by atoms with E-state index < -0.39 is 0 Å². The average molecular weight is 313 g/mol. The van der Waals surface area contributed by atoms with Gasteiger partial charge in [-0.2, -0.15) is 0 Å². The van der Waals surface area contributed by atoms with E-state index in [1.165, 1.54) is 45.3 Å². The lowest BCUT2D eigenvalue weighted by Crippen LogP contribution is -2.35. The van der Waals surface area contributed by atoms with Gasteiger partial charge in [0.25, 0.3) is 0 Å². The second-order valence-electron chi connectivity index (χ2n) is 6.96. The largest absolute Gasteiger partial charge is 0.354 e. The molecule has 22 heavy (non-hydrogen) atoms. The Morgan fingerprint density at radius 2 is 1.64 bits per heavy atom. The van der Waals surface area contributed by atoms with E-state index in [1.807, 2.05) is 27.7 Å². The summed E-state index contributed by atoms with van der Waals surface area (Å²) in [6, 6.07) is 0.268. The van der Waals surface area contributed by atoms with E-state index in [1.54, 1.807) is 0 Å². The molecule has 0 aromatic rings. The Morgan fingerprint density at radius 3 is 2.14 bits per heavy atom. The van der Waals surface area contributed by atoms with Crippen molar-refractivity contribution in [1.82, 2.24) is 10.2 Å². The lowest BCUT2D eigenvalue weighted by molar-refractivity contribution is -0.121. The number of carbonyl (C=O) groups is 1. The number of nitrogens with zero attached hydrogens (tertiary/aromatic N) is 1. The molecular weight excluding hydrogens is 272 g/mol. The van der Waals surface area contributed by atoms with E-state index in [0.29, 0.717) is 6.42 Å². The zero-order chi connectivity index (χ0) is 17.0. The second kappa shape index (κ2) is 12.9. The molecule has 0 radical (unpaired) electrons. The van der Waals surface area contributed by atoms with E-state index in [9.17, 15) is 4.79 Å². The molecule has 0 saturated carbocycles. The number of rotatable bonds is 8. The molecule has 1 saturated heterocycles. The molecule has 132 valence electrons. The third-order valence-corrected chi connectivity index (χ3v) is 4.40. The molecule has 1 aliphatic heterocycles. The van der Waals surface area contributed by atoms with Crippen LogP contribution < -0.4 is 5.32 Å². The molecule has 3 heteroatoms. The van der Waals surface area contributed by atoms with Gasteiger partial charge in [0.05, 0.1) is 0 Å². The predicted octanol–water partition coefficient (Wildman–Crippen LogP) is 4.47. The van der Waals surface area contributed by atoms with Crippen molar-refractivity contribution >= 4 is 5.91 Å². The first-order valence-electron chi connectivity index (χ1n) is 9.50. The fourth-order valence-corrected chi connectivity index (χ4v) is 3.04. The fourth-order valence-electron chi connectivity index (χ4n) is 3.04. The molecule has 0 spiro atoms. The summed E-state index contributed by atoms with van der Waals surface area (Å²) < 4.78 is 0. The Kier molecular flexibility index (Phi) is 12.6. The highest BCUT2D eigenvalue weighted by molar-refractivity contribution is 5.76. The quantitative estimate of drug-likeness (QED) is 0.671. The van der Waals surface area contributed by atoms with Crippen molar-refractivity contribution < 1.29 is 4.79 Å². The van der Waals surface area contributed by atoms with Gasteiger partial charge in [-0.3, -0.25) is 4.79 Å². The van der Waals surface area contributed by atoms with Crippen molar-refractivity contribution in [3.8, 4) is 0 Å². The first-order valence-corrected chi connectivity index (χ1v) is 9.50. The van der Waals surface area contributed by atoms with Gasteiger partial charge in [0, 0.05) is 12.5 Å². The summed E-state index contributed by atoms with van der Waals surface area (Å²) in [7, 11) is 0. The summed E-state index contributed by atoms with van der Waals surface area (Å²) in [5.41, 5.74) is 0. The third-order valence-electron chi connectivity index (χ3n) is 4.40. The Hall–Kier alpha value is -0.570. The van der Waals surface area contributed by atoms with Crippen LogP contribution in [0.25, 0.3) is 0 Å². The van der Waals surface area contributed by atoms with Crippen molar-refractivity contribution in [2.24, 2.45) is 11.8 Å². The van der Waals surface area contributed by atoms with Gasteiger partial charge < -0.3 is 10.2 Å². The molecule has 0 atom stereocenters. The van der Waals surface area contributed by atoms with Gasteiger partial charge >= 0.3 is 0 Å². The Morgan fingerprint density at radius 1 is 1.05 bits per heavy atom. The second-order valence-corrected chi connectivity index (χ2v) is 6.96. The van der Waals surface area contributed by atoms with Crippen molar-refractivity contribution in [2.45, 2.75) is 86.1 Å². The van der Waals surface area contributed by atoms with Crippen molar-refractivity contribution in [2.75, 3.05) is 19.6 Å². The number of likely N-dealkylation sites (tertiary alicyclic amines) is 1. The number of nitrogens with one attached hydrogen (secondary N) is 1. The van der Waals surface area contributed by atoms with Gasteiger partial charge in [-0.05, 0) is 71.0 Å². The molecular formula is C19H40N2O. The number of unbranched alkanes of at least 4 members (excludes halogenated alkanes) is 2. The zero-order valence-corrected chi connectivity index (χ0v) is 16.0. The minimum atomic E-state index is 0.206. The highest BCUT2D eigenvalue weighted by Crippen LogP contribution is 2.24. The smallest absolute Gasteiger partial charge is 0.220 e. The maximum atomic E-state index is 11.5. The van der Waals surface area contributed by atoms with Crippen LogP contribution in [-0.2, 0) is 4.79 Å². The summed E-state index contributed by atoms with van der Waals surface area (Å²) in [6.45, 7) is 16.5. The summed E-state index contributed by atoms with van der Waals surface area (Å²) in [4.78, 5) is 14.1. The van der Waals surface area contributed by atoms with Crippen LogP contribution in [0.4, 0.5) is 0 Å². The minimum absolute atomic E-state index is 0.206.